The molecule has 1 atom stereocenters. The lowest BCUT2D eigenvalue weighted by Crippen LogP contribution is -2.42. The van der Waals surface area contributed by atoms with E-state index in [0.717, 1.165) is 17.8 Å². The number of amides is 3. The molecule has 2 aliphatic rings. The number of aromatic nitrogens is 1. The smallest absolute Gasteiger partial charge is 0.325 e. The van der Waals surface area contributed by atoms with Gasteiger partial charge in [0.15, 0.2) is 0 Å². The van der Waals surface area contributed by atoms with E-state index in [1.165, 1.54) is 5.56 Å². The highest BCUT2D eigenvalue weighted by atomic mass is 16.5. The molecule has 4 rings (SSSR count). The summed E-state index contributed by atoms with van der Waals surface area (Å²) < 4.78 is 5.94. The number of ether oxygens (including phenoxy) is 1. The van der Waals surface area contributed by atoms with E-state index in [4.69, 9.17) is 4.74 Å². The number of anilines is 1. The van der Waals surface area contributed by atoms with Gasteiger partial charge in [-0.15, -0.1) is 0 Å². The molecule has 164 valence electrons. The van der Waals surface area contributed by atoms with Crippen molar-refractivity contribution in [2.45, 2.75) is 39.2 Å². The SMILES string of the molecule is Cc1cccc(OC2CCN(C(=O)CN3CCN(c4ccc(C(C)C)cc4)C3=O)C2)n1. The first-order valence-electron chi connectivity index (χ1n) is 10.9. The molecule has 7 heteroatoms. The molecule has 2 aromatic rings. The van der Waals surface area contributed by atoms with Crippen LogP contribution >= 0.6 is 0 Å². The van der Waals surface area contributed by atoms with Crippen molar-refractivity contribution in [3.63, 3.8) is 0 Å². The van der Waals surface area contributed by atoms with E-state index in [0.29, 0.717) is 38.0 Å². The predicted molar refractivity (Wildman–Crippen MR) is 119 cm³/mol. The van der Waals surface area contributed by atoms with Crippen LogP contribution in [-0.4, -0.2) is 65.5 Å². The van der Waals surface area contributed by atoms with Crippen molar-refractivity contribution in [1.29, 1.82) is 0 Å². The second-order valence-corrected chi connectivity index (χ2v) is 8.59. The Morgan fingerprint density at radius 1 is 1.13 bits per heavy atom. The number of rotatable bonds is 6. The number of pyridine rings is 1. The molecule has 0 radical (unpaired) electrons. The Labute approximate surface area is 183 Å². The van der Waals surface area contributed by atoms with Crippen molar-refractivity contribution in [2.75, 3.05) is 37.6 Å². The summed E-state index contributed by atoms with van der Waals surface area (Å²) in [4.78, 5) is 35.2. The fraction of sp³-hybridized carbons (Fsp3) is 0.458. The highest BCUT2D eigenvalue weighted by molar-refractivity contribution is 5.96. The predicted octanol–water partition coefficient (Wildman–Crippen LogP) is 3.44. The number of hydrogen-bond acceptors (Lipinski definition) is 4. The lowest BCUT2D eigenvalue weighted by molar-refractivity contribution is -0.130. The number of carbonyl (C=O) groups excluding carboxylic acids is 2. The molecule has 31 heavy (non-hydrogen) atoms. The average molecular weight is 423 g/mol. The van der Waals surface area contributed by atoms with Gasteiger partial charge in [-0.05, 0) is 36.6 Å². The zero-order valence-electron chi connectivity index (χ0n) is 18.5. The van der Waals surface area contributed by atoms with Gasteiger partial charge in [-0.2, -0.15) is 0 Å². The summed E-state index contributed by atoms with van der Waals surface area (Å²) in [7, 11) is 0. The fourth-order valence-electron chi connectivity index (χ4n) is 4.08. The van der Waals surface area contributed by atoms with Gasteiger partial charge in [0, 0.05) is 43.5 Å². The number of likely N-dealkylation sites (tertiary alicyclic amines) is 1. The zero-order chi connectivity index (χ0) is 22.0. The van der Waals surface area contributed by atoms with E-state index in [2.05, 4.69) is 31.0 Å². The third kappa shape index (κ3) is 4.81. The molecule has 0 spiro atoms. The van der Waals surface area contributed by atoms with Crippen molar-refractivity contribution in [3.8, 4) is 5.88 Å². The number of urea groups is 1. The normalized spacial score (nSPS) is 18.9. The van der Waals surface area contributed by atoms with Crippen LogP contribution in [0.4, 0.5) is 10.5 Å². The second kappa shape index (κ2) is 8.96. The number of hydrogen-bond donors (Lipinski definition) is 0. The van der Waals surface area contributed by atoms with E-state index >= 15 is 0 Å². The topological polar surface area (TPSA) is 66.0 Å². The van der Waals surface area contributed by atoms with Crippen LogP contribution in [-0.2, 0) is 4.79 Å². The Hall–Kier alpha value is -3.09. The van der Waals surface area contributed by atoms with Gasteiger partial charge in [0.25, 0.3) is 0 Å². The summed E-state index contributed by atoms with van der Waals surface area (Å²) in [6, 6.07) is 13.7. The number of benzene rings is 1. The molecule has 2 saturated heterocycles. The van der Waals surface area contributed by atoms with E-state index in [1.54, 1.807) is 14.7 Å². The highest BCUT2D eigenvalue weighted by Gasteiger charge is 2.34. The molecule has 0 N–H and O–H groups in total. The zero-order valence-corrected chi connectivity index (χ0v) is 18.5. The van der Waals surface area contributed by atoms with Crippen molar-refractivity contribution in [1.82, 2.24) is 14.8 Å². The Kier molecular flexibility index (Phi) is 6.11. The Balaban J connectivity index is 1.30. The van der Waals surface area contributed by atoms with Crippen molar-refractivity contribution in [3.05, 3.63) is 53.7 Å². The summed E-state index contributed by atoms with van der Waals surface area (Å²) in [5.74, 6) is 1.01. The third-order valence-electron chi connectivity index (χ3n) is 5.94. The van der Waals surface area contributed by atoms with Gasteiger partial charge in [0.2, 0.25) is 11.8 Å². The van der Waals surface area contributed by atoms with Crippen LogP contribution in [0.2, 0.25) is 0 Å². The second-order valence-electron chi connectivity index (χ2n) is 8.59. The molecule has 2 aliphatic heterocycles. The number of nitrogens with zero attached hydrogens (tertiary/aromatic N) is 4. The number of aryl methyl sites for hydroxylation is 1. The third-order valence-corrected chi connectivity index (χ3v) is 5.94. The molecular formula is C24H30N4O3. The summed E-state index contributed by atoms with van der Waals surface area (Å²) in [6.07, 6.45) is 0.701. The maximum atomic E-state index is 12.9. The molecule has 0 bridgehead atoms. The minimum Gasteiger partial charge on any atom is -0.472 e. The minimum atomic E-state index is -0.110. The van der Waals surface area contributed by atoms with Crippen LogP contribution in [0.25, 0.3) is 0 Å². The molecule has 1 aromatic heterocycles. The minimum absolute atomic E-state index is 0.0337. The molecule has 3 amide bonds. The van der Waals surface area contributed by atoms with Crippen LogP contribution in [0, 0.1) is 6.92 Å². The van der Waals surface area contributed by atoms with E-state index in [1.807, 2.05) is 37.3 Å². The molecule has 3 heterocycles. The van der Waals surface area contributed by atoms with Gasteiger partial charge in [0.05, 0.1) is 6.54 Å². The monoisotopic (exact) mass is 422 g/mol. The van der Waals surface area contributed by atoms with Gasteiger partial charge in [-0.25, -0.2) is 9.78 Å². The summed E-state index contributed by atoms with van der Waals surface area (Å²) >= 11 is 0. The molecular weight excluding hydrogens is 392 g/mol. The van der Waals surface area contributed by atoms with Crippen LogP contribution in [0.3, 0.4) is 0 Å². The van der Waals surface area contributed by atoms with Crippen LogP contribution in [0.5, 0.6) is 5.88 Å². The van der Waals surface area contributed by atoms with E-state index in [-0.39, 0.29) is 24.6 Å². The summed E-state index contributed by atoms with van der Waals surface area (Å²) in [5, 5.41) is 0. The molecule has 2 fully saturated rings. The largest absolute Gasteiger partial charge is 0.472 e. The Bertz CT molecular complexity index is 944. The van der Waals surface area contributed by atoms with Gasteiger partial charge in [-0.3, -0.25) is 9.69 Å². The van der Waals surface area contributed by atoms with Crippen LogP contribution in [0.1, 0.15) is 37.4 Å². The summed E-state index contributed by atoms with van der Waals surface area (Å²) in [5.41, 5.74) is 3.03. The van der Waals surface area contributed by atoms with Crippen LogP contribution in [0.15, 0.2) is 42.5 Å². The molecule has 7 nitrogen and oxygen atoms in total. The maximum absolute atomic E-state index is 12.9. The van der Waals surface area contributed by atoms with Gasteiger partial charge >= 0.3 is 6.03 Å². The van der Waals surface area contributed by atoms with E-state index < -0.39 is 0 Å². The van der Waals surface area contributed by atoms with Gasteiger partial charge in [-0.1, -0.05) is 32.0 Å². The van der Waals surface area contributed by atoms with Crippen molar-refractivity contribution >= 4 is 17.6 Å². The standard InChI is InChI=1S/C24H30N4O3/c1-17(2)19-7-9-20(10-8-19)28-14-13-27(24(28)30)16-23(29)26-12-11-21(15-26)31-22-6-4-5-18(3)25-22/h4-10,17,21H,11-16H2,1-3H3. The Morgan fingerprint density at radius 3 is 2.61 bits per heavy atom. The molecule has 1 aromatic carbocycles. The van der Waals surface area contributed by atoms with Gasteiger partial charge in [0.1, 0.15) is 12.6 Å². The fourth-order valence-corrected chi connectivity index (χ4v) is 4.08. The van der Waals surface area contributed by atoms with Gasteiger partial charge < -0.3 is 14.5 Å². The Morgan fingerprint density at radius 2 is 1.90 bits per heavy atom. The lowest BCUT2D eigenvalue weighted by atomic mass is 10.0. The van der Waals surface area contributed by atoms with E-state index in [9.17, 15) is 9.59 Å². The average Bonchev–Trinajstić information content (AvgIpc) is 3.35. The molecule has 0 saturated carbocycles. The van der Waals surface area contributed by atoms with Crippen LogP contribution < -0.4 is 9.64 Å². The first kappa shape index (κ1) is 21.2. The quantitative estimate of drug-likeness (QED) is 0.715. The lowest BCUT2D eigenvalue weighted by Gasteiger charge is -2.22. The van der Waals surface area contributed by atoms with Crippen molar-refractivity contribution < 1.29 is 14.3 Å². The first-order valence-corrected chi connectivity index (χ1v) is 10.9. The molecule has 0 aliphatic carbocycles. The molecule has 1 unspecified atom stereocenters. The van der Waals surface area contributed by atoms with Crippen molar-refractivity contribution in [2.24, 2.45) is 0 Å². The highest BCUT2D eigenvalue weighted by Crippen LogP contribution is 2.24. The first-order chi connectivity index (χ1) is 14.9. The maximum Gasteiger partial charge on any atom is 0.325 e. The summed E-state index contributed by atoms with van der Waals surface area (Å²) in [6.45, 7) is 8.63. The number of carbonyl (C=O) groups is 2.